The van der Waals surface area contributed by atoms with Crippen LogP contribution in [-0.2, 0) is 20.1 Å². The molecule has 30 heavy (non-hydrogen) atoms. The summed E-state index contributed by atoms with van der Waals surface area (Å²) in [4.78, 5) is 25.0. The van der Waals surface area contributed by atoms with Gasteiger partial charge in [-0.3, -0.25) is 4.79 Å². The number of carbonyl (C=O) groups excluding carboxylic acids is 1. The third-order valence-corrected chi connectivity index (χ3v) is 5.38. The van der Waals surface area contributed by atoms with Gasteiger partial charge >= 0.3 is 0 Å². The number of anilines is 1. The van der Waals surface area contributed by atoms with E-state index in [1.54, 1.807) is 18.3 Å². The molecule has 1 aromatic carbocycles. The second-order valence-electron chi connectivity index (χ2n) is 6.59. The first-order chi connectivity index (χ1) is 14.6. The number of aromatic nitrogens is 6. The van der Waals surface area contributed by atoms with Gasteiger partial charge in [-0.05, 0) is 31.2 Å². The first-order valence-corrected chi connectivity index (χ1v) is 10.2. The number of amides is 1. The number of hydrogen-bond acceptors (Lipinski definition) is 8. The number of nitrogens with zero attached hydrogens (tertiary/aromatic N) is 6. The maximum atomic E-state index is 12.5. The van der Waals surface area contributed by atoms with Crippen LogP contribution >= 0.6 is 11.3 Å². The van der Waals surface area contributed by atoms with Crippen LogP contribution in [0.4, 0.5) is 5.69 Å². The lowest BCUT2D eigenvalue weighted by molar-refractivity contribution is 0.0951. The van der Waals surface area contributed by atoms with Gasteiger partial charge in [-0.25, -0.2) is 15.0 Å². The van der Waals surface area contributed by atoms with Crippen molar-refractivity contribution in [3.05, 3.63) is 70.3 Å². The highest BCUT2D eigenvalue weighted by atomic mass is 32.1. The summed E-state index contributed by atoms with van der Waals surface area (Å²) in [6.07, 6.45) is 3.15. The van der Waals surface area contributed by atoms with Gasteiger partial charge < -0.3 is 15.2 Å². The maximum Gasteiger partial charge on any atom is 0.251 e. The van der Waals surface area contributed by atoms with Crippen molar-refractivity contribution in [2.45, 2.75) is 20.0 Å². The lowest BCUT2D eigenvalue weighted by Gasteiger charge is -2.09. The zero-order chi connectivity index (χ0) is 20.9. The van der Waals surface area contributed by atoms with Crippen LogP contribution in [-0.4, -0.2) is 35.6 Å². The minimum absolute atomic E-state index is 0.142. The van der Waals surface area contributed by atoms with E-state index in [2.05, 4.69) is 35.8 Å². The fraction of sp³-hybridized carbons (Fsp3) is 0.200. The van der Waals surface area contributed by atoms with Crippen molar-refractivity contribution in [3.8, 4) is 11.5 Å². The highest BCUT2D eigenvalue weighted by Crippen LogP contribution is 2.16. The van der Waals surface area contributed by atoms with Gasteiger partial charge in [-0.15, -0.1) is 21.5 Å². The molecular weight excluding hydrogens is 400 g/mol. The van der Waals surface area contributed by atoms with Crippen LogP contribution in [0.25, 0.3) is 11.5 Å². The molecule has 0 aliphatic heterocycles. The molecule has 0 unspecified atom stereocenters. The number of nitrogens with one attached hydrogen (secondary N) is 2. The Bertz CT molecular complexity index is 1150. The van der Waals surface area contributed by atoms with Crippen molar-refractivity contribution in [2.75, 3.05) is 5.32 Å². The summed E-state index contributed by atoms with van der Waals surface area (Å²) in [5, 5.41) is 17.5. The first-order valence-electron chi connectivity index (χ1n) is 9.28. The van der Waals surface area contributed by atoms with E-state index in [0.717, 1.165) is 22.2 Å². The molecule has 3 aromatic heterocycles. The molecule has 1 amide bonds. The molecule has 0 aliphatic rings. The molecule has 4 aromatic rings. The normalized spacial score (nSPS) is 10.7. The molecule has 0 aliphatic carbocycles. The van der Waals surface area contributed by atoms with Gasteiger partial charge in [0.25, 0.3) is 5.91 Å². The predicted molar refractivity (Wildman–Crippen MR) is 114 cm³/mol. The zero-order valence-electron chi connectivity index (χ0n) is 16.5. The molecule has 2 N–H and O–H groups in total. The van der Waals surface area contributed by atoms with Crippen molar-refractivity contribution in [1.29, 1.82) is 0 Å². The lowest BCUT2D eigenvalue weighted by Crippen LogP contribution is -2.22. The molecule has 0 saturated carbocycles. The average molecular weight is 421 g/mol. The Labute approximate surface area is 177 Å². The van der Waals surface area contributed by atoms with Crippen LogP contribution in [0, 0.1) is 6.92 Å². The van der Waals surface area contributed by atoms with Crippen molar-refractivity contribution >= 4 is 22.9 Å². The average Bonchev–Trinajstić information content (AvgIpc) is 3.36. The van der Waals surface area contributed by atoms with Crippen molar-refractivity contribution in [2.24, 2.45) is 7.05 Å². The fourth-order valence-corrected chi connectivity index (χ4v) is 3.57. The molecule has 3 heterocycles. The van der Waals surface area contributed by atoms with Crippen LogP contribution in [0.3, 0.4) is 0 Å². The zero-order valence-corrected chi connectivity index (χ0v) is 17.3. The standard InChI is InChI=1S/C20H20N8OS/c1-13-11-30-18(25-13)10-23-20(29)14-4-3-5-15(8-14)22-9-17-26-27-19(28(17)2)16-6-7-21-12-24-16/h3-8,11-12,22H,9-10H2,1-2H3,(H,23,29). The highest BCUT2D eigenvalue weighted by Gasteiger charge is 2.12. The molecule has 9 nitrogen and oxygen atoms in total. The third kappa shape index (κ3) is 4.49. The van der Waals surface area contributed by atoms with Crippen LogP contribution in [0.15, 0.2) is 48.2 Å². The molecule has 0 bridgehead atoms. The summed E-state index contributed by atoms with van der Waals surface area (Å²) >= 11 is 1.54. The quantitative estimate of drug-likeness (QED) is 0.473. The summed E-state index contributed by atoms with van der Waals surface area (Å²) in [6.45, 7) is 2.81. The fourth-order valence-electron chi connectivity index (χ4n) is 2.85. The molecule has 152 valence electrons. The Balaban J connectivity index is 1.39. The van der Waals surface area contributed by atoms with Gasteiger partial charge in [0.1, 0.15) is 17.0 Å². The van der Waals surface area contributed by atoms with Gasteiger partial charge in [0.2, 0.25) is 0 Å². The number of hydrogen-bond donors (Lipinski definition) is 2. The first kappa shape index (κ1) is 19.6. The van der Waals surface area contributed by atoms with E-state index in [4.69, 9.17) is 0 Å². The van der Waals surface area contributed by atoms with Gasteiger partial charge in [-0.2, -0.15) is 0 Å². The molecule has 0 radical (unpaired) electrons. The maximum absolute atomic E-state index is 12.5. The Morgan fingerprint density at radius 3 is 2.87 bits per heavy atom. The van der Waals surface area contributed by atoms with Crippen molar-refractivity contribution in [1.82, 2.24) is 35.0 Å². The van der Waals surface area contributed by atoms with Gasteiger partial charge in [0.15, 0.2) is 11.6 Å². The highest BCUT2D eigenvalue weighted by molar-refractivity contribution is 7.09. The van der Waals surface area contributed by atoms with E-state index in [-0.39, 0.29) is 5.91 Å². The van der Waals surface area contributed by atoms with Gasteiger partial charge in [0, 0.05) is 35.6 Å². The number of carbonyl (C=O) groups is 1. The largest absolute Gasteiger partial charge is 0.378 e. The van der Waals surface area contributed by atoms with Crippen LogP contribution in [0.1, 0.15) is 26.9 Å². The van der Waals surface area contributed by atoms with Crippen LogP contribution in [0.5, 0.6) is 0 Å². The van der Waals surface area contributed by atoms with E-state index in [1.807, 2.05) is 42.1 Å². The molecule has 0 spiro atoms. The summed E-state index contributed by atoms with van der Waals surface area (Å²) in [5.41, 5.74) is 3.06. The Morgan fingerprint density at radius 1 is 1.20 bits per heavy atom. The minimum Gasteiger partial charge on any atom is -0.378 e. The van der Waals surface area contributed by atoms with E-state index in [9.17, 15) is 4.79 Å². The van der Waals surface area contributed by atoms with E-state index < -0.39 is 0 Å². The predicted octanol–water partition coefficient (Wildman–Crippen LogP) is 2.58. The number of rotatable bonds is 7. The summed E-state index contributed by atoms with van der Waals surface area (Å²) in [6, 6.07) is 9.13. The number of thiazole rings is 1. The van der Waals surface area contributed by atoms with E-state index >= 15 is 0 Å². The van der Waals surface area contributed by atoms with Gasteiger partial charge in [0.05, 0.1) is 13.1 Å². The molecular formula is C20H20N8OS. The van der Waals surface area contributed by atoms with Crippen LogP contribution < -0.4 is 10.6 Å². The molecule has 10 heteroatoms. The second kappa shape index (κ2) is 8.78. The Hall–Kier alpha value is -3.66. The van der Waals surface area contributed by atoms with Gasteiger partial charge in [-0.1, -0.05) is 6.07 Å². The Morgan fingerprint density at radius 2 is 2.10 bits per heavy atom. The van der Waals surface area contributed by atoms with Crippen LogP contribution in [0.2, 0.25) is 0 Å². The minimum atomic E-state index is -0.142. The lowest BCUT2D eigenvalue weighted by atomic mass is 10.2. The monoisotopic (exact) mass is 420 g/mol. The summed E-state index contributed by atoms with van der Waals surface area (Å²) < 4.78 is 1.88. The Kier molecular flexibility index (Phi) is 5.75. The molecule has 0 fully saturated rings. The summed E-state index contributed by atoms with van der Waals surface area (Å²) in [5.74, 6) is 1.27. The smallest absolute Gasteiger partial charge is 0.251 e. The SMILES string of the molecule is Cc1csc(CNC(=O)c2cccc(NCc3nnc(-c4ccncn4)n3C)c2)n1. The van der Waals surface area contributed by atoms with Crippen molar-refractivity contribution < 1.29 is 4.79 Å². The topological polar surface area (TPSA) is 111 Å². The number of benzene rings is 1. The molecule has 4 rings (SSSR count). The molecule has 0 atom stereocenters. The number of aryl methyl sites for hydroxylation is 1. The third-order valence-electron chi connectivity index (χ3n) is 4.42. The summed E-state index contributed by atoms with van der Waals surface area (Å²) in [7, 11) is 1.89. The van der Waals surface area contributed by atoms with E-state index in [1.165, 1.54) is 17.7 Å². The van der Waals surface area contributed by atoms with Crippen molar-refractivity contribution in [3.63, 3.8) is 0 Å². The van der Waals surface area contributed by atoms with E-state index in [0.29, 0.717) is 30.2 Å². The molecule has 0 saturated heterocycles. The second-order valence-corrected chi connectivity index (χ2v) is 7.54.